The van der Waals surface area contributed by atoms with Gasteiger partial charge in [-0.15, -0.1) is 5.10 Å². The number of piperazine rings is 1. The minimum Gasteiger partial charge on any atom is -0.353 e. The van der Waals surface area contributed by atoms with Crippen LogP contribution in [0.1, 0.15) is 11.4 Å². The molecular weight excluding hydrogens is 403 g/mol. The molecule has 3 aromatic rings. The van der Waals surface area contributed by atoms with Gasteiger partial charge in [0.15, 0.2) is 0 Å². The van der Waals surface area contributed by atoms with Crippen LogP contribution in [0.3, 0.4) is 0 Å². The first-order valence-electron chi connectivity index (χ1n) is 9.60. The Morgan fingerprint density at radius 1 is 1.10 bits per heavy atom. The van der Waals surface area contributed by atoms with Gasteiger partial charge in [-0.05, 0) is 35.9 Å². The summed E-state index contributed by atoms with van der Waals surface area (Å²) in [5.74, 6) is 1.63. The standard InChI is InChI=1S/C21H21FN6OS/c22-17-7-4-16(5-8-17)6-9-18-24-21(26-25-18)30-15-20(29)28-13-11-27(12-14-28)19-3-1-2-10-23-19/h1-10H,11-15H2,(H,24,25,26). The van der Waals surface area contributed by atoms with E-state index in [-0.39, 0.29) is 11.7 Å². The number of nitrogens with one attached hydrogen (secondary N) is 1. The lowest BCUT2D eigenvalue weighted by molar-refractivity contribution is -0.128. The monoisotopic (exact) mass is 424 g/mol. The number of pyridine rings is 1. The Bertz CT molecular complexity index is 1000. The van der Waals surface area contributed by atoms with Gasteiger partial charge in [0.2, 0.25) is 11.1 Å². The third-order valence-electron chi connectivity index (χ3n) is 4.72. The van der Waals surface area contributed by atoms with Crippen LogP contribution in [0.2, 0.25) is 0 Å². The van der Waals surface area contributed by atoms with Gasteiger partial charge in [-0.25, -0.2) is 14.4 Å². The van der Waals surface area contributed by atoms with Crippen LogP contribution in [-0.4, -0.2) is 62.9 Å². The van der Waals surface area contributed by atoms with E-state index in [1.54, 1.807) is 24.4 Å². The second-order valence-electron chi connectivity index (χ2n) is 6.73. The zero-order valence-corrected chi connectivity index (χ0v) is 17.1. The summed E-state index contributed by atoms with van der Waals surface area (Å²) in [6.07, 6.45) is 5.37. The van der Waals surface area contributed by atoms with E-state index in [0.29, 0.717) is 29.8 Å². The van der Waals surface area contributed by atoms with E-state index in [0.717, 1.165) is 24.5 Å². The van der Waals surface area contributed by atoms with E-state index in [4.69, 9.17) is 0 Å². The fourth-order valence-electron chi connectivity index (χ4n) is 3.09. The van der Waals surface area contributed by atoms with Gasteiger partial charge in [0, 0.05) is 32.4 Å². The molecule has 0 atom stereocenters. The summed E-state index contributed by atoms with van der Waals surface area (Å²) in [6, 6.07) is 12.0. The highest BCUT2D eigenvalue weighted by atomic mass is 32.2. The maximum Gasteiger partial charge on any atom is 0.233 e. The zero-order chi connectivity index (χ0) is 20.8. The lowest BCUT2D eigenvalue weighted by Gasteiger charge is -2.35. The number of benzene rings is 1. The van der Waals surface area contributed by atoms with Crippen molar-refractivity contribution in [3.05, 3.63) is 65.9 Å². The largest absolute Gasteiger partial charge is 0.353 e. The van der Waals surface area contributed by atoms with Crippen molar-refractivity contribution in [3.63, 3.8) is 0 Å². The Hall–Kier alpha value is -3.20. The highest BCUT2D eigenvalue weighted by Gasteiger charge is 2.22. The number of halogens is 1. The quantitative estimate of drug-likeness (QED) is 0.613. The van der Waals surface area contributed by atoms with Crippen LogP contribution in [0.4, 0.5) is 10.2 Å². The summed E-state index contributed by atoms with van der Waals surface area (Å²) in [5.41, 5.74) is 0.863. The van der Waals surface area contributed by atoms with Crippen molar-refractivity contribution in [2.24, 2.45) is 0 Å². The number of aromatic amines is 1. The summed E-state index contributed by atoms with van der Waals surface area (Å²) in [6.45, 7) is 2.89. The van der Waals surface area contributed by atoms with Gasteiger partial charge in [0.05, 0.1) is 5.75 Å². The van der Waals surface area contributed by atoms with Crippen LogP contribution < -0.4 is 4.90 Å². The Morgan fingerprint density at radius 2 is 1.90 bits per heavy atom. The molecule has 3 heterocycles. The lowest BCUT2D eigenvalue weighted by Crippen LogP contribution is -2.49. The van der Waals surface area contributed by atoms with Crippen LogP contribution >= 0.6 is 11.8 Å². The fourth-order valence-corrected chi connectivity index (χ4v) is 3.80. The third-order valence-corrected chi connectivity index (χ3v) is 5.55. The SMILES string of the molecule is O=C(CSc1n[nH]c(C=Cc2ccc(F)cc2)n1)N1CCN(c2ccccn2)CC1. The van der Waals surface area contributed by atoms with Crippen LogP contribution in [0.25, 0.3) is 12.2 Å². The zero-order valence-electron chi connectivity index (χ0n) is 16.2. The second-order valence-corrected chi connectivity index (χ2v) is 7.68. The van der Waals surface area contributed by atoms with Gasteiger partial charge in [0.1, 0.15) is 17.5 Å². The first-order valence-corrected chi connectivity index (χ1v) is 10.6. The number of hydrogen-bond donors (Lipinski definition) is 1. The number of hydrogen-bond acceptors (Lipinski definition) is 6. The molecule has 2 aromatic heterocycles. The maximum atomic E-state index is 12.9. The number of carbonyl (C=O) groups excluding carboxylic acids is 1. The maximum absolute atomic E-state index is 12.9. The summed E-state index contributed by atoms with van der Waals surface area (Å²) >= 11 is 1.31. The van der Waals surface area contributed by atoms with Crippen molar-refractivity contribution < 1.29 is 9.18 Å². The number of nitrogens with zero attached hydrogens (tertiary/aromatic N) is 5. The van der Waals surface area contributed by atoms with Crippen molar-refractivity contribution in [1.82, 2.24) is 25.1 Å². The smallest absolute Gasteiger partial charge is 0.233 e. The molecule has 1 N–H and O–H groups in total. The van der Waals surface area contributed by atoms with Gasteiger partial charge < -0.3 is 9.80 Å². The van der Waals surface area contributed by atoms with Crippen molar-refractivity contribution in [1.29, 1.82) is 0 Å². The summed E-state index contributed by atoms with van der Waals surface area (Å²) < 4.78 is 12.9. The molecule has 30 heavy (non-hydrogen) atoms. The normalized spacial score (nSPS) is 14.4. The van der Waals surface area contributed by atoms with Crippen LogP contribution in [0.5, 0.6) is 0 Å². The predicted molar refractivity (Wildman–Crippen MR) is 115 cm³/mol. The van der Waals surface area contributed by atoms with Crippen molar-refractivity contribution >= 4 is 35.6 Å². The molecule has 1 saturated heterocycles. The fraction of sp³-hybridized carbons (Fsp3) is 0.238. The van der Waals surface area contributed by atoms with Gasteiger partial charge in [0.25, 0.3) is 0 Å². The van der Waals surface area contributed by atoms with E-state index in [1.807, 2.05) is 29.2 Å². The minimum atomic E-state index is -0.270. The van der Waals surface area contributed by atoms with E-state index in [1.165, 1.54) is 23.9 Å². The van der Waals surface area contributed by atoms with E-state index in [9.17, 15) is 9.18 Å². The highest BCUT2D eigenvalue weighted by Crippen LogP contribution is 2.17. The Labute approximate surface area is 178 Å². The van der Waals surface area contributed by atoms with Crippen LogP contribution in [0.15, 0.2) is 53.8 Å². The van der Waals surface area contributed by atoms with Gasteiger partial charge in [-0.1, -0.05) is 36.0 Å². The van der Waals surface area contributed by atoms with E-state index < -0.39 is 0 Å². The van der Waals surface area contributed by atoms with Crippen LogP contribution in [0, 0.1) is 5.82 Å². The van der Waals surface area contributed by atoms with Crippen LogP contribution in [-0.2, 0) is 4.79 Å². The lowest BCUT2D eigenvalue weighted by atomic mass is 10.2. The number of carbonyl (C=O) groups is 1. The highest BCUT2D eigenvalue weighted by molar-refractivity contribution is 7.99. The summed E-state index contributed by atoms with van der Waals surface area (Å²) in [4.78, 5) is 25.3. The molecule has 0 aliphatic carbocycles. The van der Waals surface area contributed by atoms with Crippen molar-refractivity contribution in [3.8, 4) is 0 Å². The number of amides is 1. The topological polar surface area (TPSA) is 78.0 Å². The molecule has 1 aliphatic rings. The molecule has 1 fully saturated rings. The molecule has 154 valence electrons. The molecule has 0 bridgehead atoms. The Balaban J connectivity index is 1.24. The Kier molecular flexibility index (Phi) is 6.38. The van der Waals surface area contributed by atoms with Gasteiger partial charge in [-0.2, -0.15) is 0 Å². The number of H-pyrrole nitrogens is 1. The van der Waals surface area contributed by atoms with Gasteiger partial charge >= 0.3 is 0 Å². The third kappa shape index (κ3) is 5.24. The van der Waals surface area contributed by atoms with Gasteiger partial charge in [-0.3, -0.25) is 9.89 Å². The molecule has 0 spiro atoms. The molecule has 0 radical (unpaired) electrons. The first kappa shape index (κ1) is 20.1. The first-order chi connectivity index (χ1) is 14.7. The molecule has 4 rings (SSSR count). The summed E-state index contributed by atoms with van der Waals surface area (Å²) in [5, 5.41) is 7.50. The molecule has 0 unspecified atom stereocenters. The average Bonchev–Trinajstić information content (AvgIpc) is 3.26. The molecule has 7 nitrogen and oxygen atoms in total. The number of thioether (sulfide) groups is 1. The average molecular weight is 425 g/mol. The minimum absolute atomic E-state index is 0.0777. The number of rotatable bonds is 6. The number of aromatic nitrogens is 4. The van der Waals surface area contributed by atoms with Crippen molar-refractivity contribution in [2.45, 2.75) is 5.16 Å². The summed E-state index contributed by atoms with van der Waals surface area (Å²) in [7, 11) is 0. The molecular formula is C21H21FN6OS. The molecule has 1 amide bonds. The molecule has 1 aliphatic heterocycles. The van der Waals surface area contributed by atoms with Crippen molar-refractivity contribution in [2.75, 3.05) is 36.8 Å². The molecule has 0 saturated carbocycles. The second kappa shape index (κ2) is 9.53. The predicted octanol–water partition coefficient (Wildman–Crippen LogP) is 2.95. The number of anilines is 1. The Morgan fingerprint density at radius 3 is 2.63 bits per heavy atom. The molecule has 1 aromatic carbocycles. The van der Waals surface area contributed by atoms with E-state index >= 15 is 0 Å². The molecule has 9 heteroatoms. The van der Waals surface area contributed by atoms with E-state index in [2.05, 4.69) is 25.1 Å².